The molecule has 1 aromatic carbocycles. The summed E-state index contributed by atoms with van der Waals surface area (Å²) in [5.41, 5.74) is 4.33. The van der Waals surface area contributed by atoms with Gasteiger partial charge in [0.25, 0.3) is 0 Å². The molecule has 1 aromatic heterocycles. The third kappa shape index (κ3) is 2.91. The van der Waals surface area contributed by atoms with Gasteiger partial charge >= 0.3 is 0 Å². The van der Waals surface area contributed by atoms with Gasteiger partial charge in [-0.3, -0.25) is 0 Å². The fourth-order valence-electron chi connectivity index (χ4n) is 2.04. The van der Waals surface area contributed by atoms with Crippen molar-refractivity contribution in [2.75, 3.05) is 0 Å². The molecule has 0 aliphatic rings. The van der Waals surface area contributed by atoms with E-state index in [1.54, 1.807) is 6.07 Å². The topological polar surface area (TPSA) is 33.1 Å². The number of hydrogen-bond donors (Lipinski definition) is 1. The van der Waals surface area contributed by atoms with Crippen molar-refractivity contribution < 1.29 is 5.11 Å². The van der Waals surface area contributed by atoms with Crippen molar-refractivity contribution in [2.45, 2.75) is 34.1 Å². The predicted octanol–water partition coefficient (Wildman–Crippen LogP) is 4.41. The van der Waals surface area contributed by atoms with E-state index in [1.807, 2.05) is 18.4 Å². The van der Waals surface area contributed by atoms with Crippen molar-refractivity contribution in [2.24, 2.45) is 5.41 Å². The van der Waals surface area contributed by atoms with E-state index in [0.29, 0.717) is 5.75 Å². The Kier molecular flexibility index (Phi) is 3.44. The highest BCUT2D eigenvalue weighted by molar-refractivity contribution is 7.04. The average molecular weight is 261 g/mol. The number of aromatic hydroxyl groups is 1. The Morgan fingerprint density at radius 2 is 2.00 bits per heavy atom. The lowest BCUT2D eigenvalue weighted by Crippen LogP contribution is -2.09. The maximum atomic E-state index is 9.99. The maximum Gasteiger partial charge on any atom is 0.125 e. The fraction of sp³-hybridized carbons (Fsp3) is 0.400. The van der Waals surface area contributed by atoms with Gasteiger partial charge < -0.3 is 5.11 Å². The number of phenols is 1. The van der Waals surface area contributed by atoms with Crippen LogP contribution in [-0.4, -0.2) is 9.48 Å². The van der Waals surface area contributed by atoms with Crippen molar-refractivity contribution in [3.8, 4) is 17.0 Å². The highest BCUT2D eigenvalue weighted by Gasteiger charge is 2.15. The molecule has 0 radical (unpaired) electrons. The van der Waals surface area contributed by atoms with E-state index < -0.39 is 0 Å². The molecule has 0 amide bonds. The standard InChI is InChI=1S/C15H19NOS/c1-10-9-18-16-14(10)12-7-11(5-6-13(12)17)8-15(2,3)4/h5-7,9,17H,8H2,1-4H3. The summed E-state index contributed by atoms with van der Waals surface area (Å²) in [4.78, 5) is 0. The minimum Gasteiger partial charge on any atom is -0.507 e. The van der Waals surface area contributed by atoms with E-state index >= 15 is 0 Å². The van der Waals surface area contributed by atoms with E-state index in [9.17, 15) is 5.11 Å². The highest BCUT2D eigenvalue weighted by Crippen LogP contribution is 2.33. The van der Waals surface area contributed by atoms with Crippen molar-refractivity contribution in [1.29, 1.82) is 0 Å². The number of rotatable bonds is 2. The van der Waals surface area contributed by atoms with E-state index in [1.165, 1.54) is 17.1 Å². The minimum atomic E-state index is 0.241. The van der Waals surface area contributed by atoms with Crippen molar-refractivity contribution in [3.63, 3.8) is 0 Å². The average Bonchev–Trinajstić information content (AvgIpc) is 2.65. The van der Waals surface area contributed by atoms with Gasteiger partial charge in [-0.25, -0.2) is 0 Å². The molecule has 1 N–H and O–H groups in total. The number of phenolic OH excluding ortho intramolecular Hbond substituents is 1. The van der Waals surface area contributed by atoms with Gasteiger partial charge in [0.2, 0.25) is 0 Å². The molecule has 0 fully saturated rings. The number of benzene rings is 1. The van der Waals surface area contributed by atoms with Gasteiger partial charge in [0, 0.05) is 10.9 Å². The van der Waals surface area contributed by atoms with Crippen molar-refractivity contribution >= 4 is 11.5 Å². The van der Waals surface area contributed by atoms with E-state index in [-0.39, 0.29) is 5.41 Å². The third-order valence-corrected chi connectivity index (χ3v) is 3.54. The van der Waals surface area contributed by atoms with Crippen LogP contribution in [0.4, 0.5) is 0 Å². The second-order valence-corrected chi connectivity index (χ2v) is 6.56. The molecule has 0 atom stereocenters. The molecule has 0 aliphatic carbocycles. The smallest absolute Gasteiger partial charge is 0.125 e. The normalized spacial score (nSPS) is 11.8. The molecular weight excluding hydrogens is 242 g/mol. The molecule has 2 rings (SSSR count). The van der Waals surface area contributed by atoms with Gasteiger partial charge in [-0.15, -0.1) is 0 Å². The highest BCUT2D eigenvalue weighted by atomic mass is 32.1. The van der Waals surface area contributed by atoms with Crippen LogP contribution >= 0.6 is 11.5 Å². The Morgan fingerprint density at radius 1 is 1.28 bits per heavy atom. The van der Waals surface area contributed by atoms with Crippen LogP contribution in [0.25, 0.3) is 11.3 Å². The molecular formula is C15H19NOS. The van der Waals surface area contributed by atoms with Gasteiger partial charge in [0.05, 0.1) is 5.69 Å². The van der Waals surface area contributed by atoms with Gasteiger partial charge in [0.15, 0.2) is 0 Å². The molecule has 2 aromatic rings. The molecule has 96 valence electrons. The van der Waals surface area contributed by atoms with E-state index in [0.717, 1.165) is 23.2 Å². The number of nitrogens with zero attached hydrogens (tertiary/aromatic N) is 1. The summed E-state index contributed by atoms with van der Waals surface area (Å²) in [6.45, 7) is 8.67. The lowest BCUT2D eigenvalue weighted by atomic mass is 9.87. The summed E-state index contributed by atoms with van der Waals surface area (Å²) in [6, 6.07) is 5.82. The zero-order valence-electron chi connectivity index (χ0n) is 11.3. The minimum absolute atomic E-state index is 0.241. The van der Waals surface area contributed by atoms with Crippen molar-refractivity contribution in [3.05, 3.63) is 34.7 Å². The van der Waals surface area contributed by atoms with Crippen LogP contribution in [0, 0.1) is 12.3 Å². The summed E-state index contributed by atoms with van der Waals surface area (Å²) in [7, 11) is 0. The zero-order chi connectivity index (χ0) is 13.3. The third-order valence-electron chi connectivity index (χ3n) is 2.80. The van der Waals surface area contributed by atoms with Crippen LogP contribution in [0.5, 0.6) is 5.75 Å². The molecule has 3 heteroatoms. The monoisotopic (exact) mass is 261 g/mol. The number of aryl methyl sites for hydroxylation is 1. The Balaban J connectivity index is 2.42. The van der Waals surface area contributed by atoms with Crippen molar-refractivity contribution in [1.82, 2.24) is 4.37 Å². The molecule has 0 saturated carbocycles. The molecule has 0 saturated heterocycles. The van der Waals surface area contributed by atoms with Crippen LogP contribution in [0.2, 0.25) is 0 Å². The first-order chi connectivity index (χ1) is 8.37. The fourth-order valence-corrected chi connectivity index (χ4v) is 2.71. The van der Waals surface area contributed by atoms with Crippen LogP contribution in [0.3, 0.4) is 0 Å². The molecule has 18 heavy (non-hydrogen) atoms. The van der Waals surface area contributed by atoms with Crippen LogP contribution in [0.15, 0.2) is 23.6 Å². The lowest BCUT2D eigenvalue weighted by Gasteiger charge is -2.18. The zero-order valence-corrected chi connectivity index (χ0v) is 12.1. The summed E-state index contributed by atoms with van der Waals surface area (Å²) in [5.74, 6) is 0.307. The summed E-state index contributed by atoms with van der Waals surface area (Å²) >= 11 is 1.43. The van der Waals surface area contributed by atoms with Gasteiger partial charge in [-0.1, -0.05) is 26.8 Å². The van der Waals surface area contributed by atoms with Crippen LogP contribution in [-0.2, 0) is 6.42 Å². The molecule has 0 aliphatic heterocycles. The first-order valence-electron chi connectivity index (χ1n) is 6.10. The molecule has 2 nitrogen and oxygen atoms in total. The van der Waals surface area contributed by atoms with Gasteiger partial charge in [0.1, 0.15) is 5.75 Å². The Labute approximate surface area is 112 Å². The summed E-state index contributed by atoms with van der Waals surface area (Å²) < 4.78 is 4.37. The van der Waals surface area contributed by atoms with Gasteiger partial charge in [-0.2, -0.15) is 4.37 Å². The summed E-state index contributed by atoms with van der Waals surface area (Å²) in [5, 5.41) is 12.0. The second kappa shape index (κ2) is 4.73. The first kappa shape index (κ1) is 13.1. The Bertz CT molecular complexity index is 552. The van der Waals surface area contributed by atoms with Gasteiger partial charge in [-0.05, 0) is 53.6 Å². The Hall–Kier alpha value is -1.35. The maximum absolute atomic E-state index is 9.99. The van der Waals surface area contributed by atoms with E-state index in [2.05, 4.69) is 31.2 Å². The Morgan fingerprint density at radius 3 is 2.56 bits per heavy atom. The lowest BCUT2D eigenvalue weighted by molar-refractivity contribution is 0.410. The largest absolute Gasteiger partial charge is 0.507 e. The SMILES string of the molecule is Cc1csnc1-c1cc(CC(C)(C)C)ccc1O. The summed E-state index contributed by atoms with van der Waals surface area (Å²) in [6.07, 6.45) is 0.990. The molecule has 0 unspecified atom stereocenters. The second-order valence-electron chi connectivity index (χ2n) is 5.94. The predicted molar refractivity (Wildman–Crippen MR) is 77.1 cm³/mol. The molecule has 0 spiro atoms. The first-order valence-corrected chi connectivity index (χ1v) is 6.94. The number of hydrogen-bond acceptors (Lipinski definition) is 3. The molecule has 0 bridgehead atoms. The molecule has 1 heterocycles. The number of aromatic nitrogens is 1. The van der Waals surface area contributed by atoms with Crippen LogP contribution < -0.4 is 0 Å². The van der Waals surface area contributed by atoms with Crippen LogP contribution in [0.1, 0.15) is 31.9 Å². The quantitative estimate of drug-likeness (QED) is 0.868. The van der Waals surface area contributed by atoms with E-state index in [4.69, 9.17) is 0 Å².